The van der Waals surface area contributed by atoms with Crippen molar-refractivity contribution in [1.29, 1.82) is 0 Å². The molecule has 0 radical (unpaired) electrons. The van der Waals surface area contributed by atoms with Crippen LogP contribution in [0.25, 0.3) is 0 Å². The van der Waals surface area contributed by atoms with Crippen LogP contribution >= 0.6 is 23.2 Å². The molecule has 0 aliphatic rings. The van der Waals surface area contributed by atoms with E-state index < -0.39 is 0 Å². The van der Waals surface area contributed by atoms with Gasteiger partial charge in [-0.25, -0.2) is 0 Å². The highest BCUT2D eigenvalue weighted by molar-refractivity contribution is 6.31. The molecule has 0 bridgehead atoms. The largest absolute Gasteiger partial charge is 0.496 e. The maximum absolute atomic E-state index is 6.17. The predicted molar refractivity (Wildman–Crippen MR) is 81.2 cm³/mol. The Bertz CT molecular complexity index is 588. The molecule has 0 fully saturated rings. The minimum absolute atomic E-state index is 0.522. The highest BCUT2D eigenvalue weighted by atomic mass is 35.5. The van der Waals surface area contributed by atoms with Crippen molar-refractivity contribution in [2.75, 3.05) is 18.2 Å². The van der Waals surface area contributed by atoms with Crippen LogP contribution in [0.15, 0.2) is 36.4 Å². The molecule has 3 N–H and O–H groups in total. The third-order valence-corrected chi connectivity index (χ3v) is 3.35. The van der Waals surface area contributed by atoms with Gasteiger partial charge in [0.2, 0.25) is 0 Å². The molecule has 0 spiro atoms. The summed E-state index contributed by atoms with van der Waals surface area (Å²) in [4.78, 5) is 0. The van der Waals surface area contributed by atoms with E-state index in [1.165, 1.54) is 0 Å². The summed E-state index contributed by atoms with van der Waals surface area (Å²) in [6, 6.07) is 10.9. The van der Waals surface area contributed by atoms with Gasteiger partial charge in [-0.2, -0.15) is 0 Å². The van der Waals surface area contributed by atoms with Gasteiger partial charge in [0.05, 0.1) is 18.5 Å². The van der Waals surface area contributed by atoms with E-state index in [0.717, 1.165) is 17.0 Å². The van der Waals surface area contributed by atoms with E-state index in [4.69, 9.17) is 33.7 Å². The third kappa shape index (κ3) is 3.25. The Morgan fingerprint density at radius 2 is 2.00 bits per heavy atom. The van der Waals surface area contributed by atoms with Crippen molar-refractivity contribution in [1.82, 2.24) is 0 Å². The minimum atomic E-state index is 0.522. The van der Waals surface area contributed by atoms with Crippen molar-refractivity contribution >= 4 is 34.6 Å². The second kappa shape index (κ2) is 6.04. The lowest BCUT2D eigenvalue weighted by atomic mass is 10.2. The van der Waals surface area contributed by atoms with Crippen molar-refractivity contribution < 1.29 is 4.74 Å². The van der Waals surface area contributed by atoms with E-state index >= 15 is 0 Å². The van der Waals surface area contributed by atoms with E-state index in [2.05, 4.69) is 5.32 Å². The standard InChI is InChI=1S/C14H14Cl2N2O/c1-19-14-4-2-3-11(16)10(14)8-18-13-6-5-9(15)7-12(13)17/h2-7,18H,8,17H2,1H3. The molecule has 0 aromatic heterocycles. The summed E-state index contributed by atoms with van der Waals surface area (Å²) in [5, 5.41) is 4.49. The number of hydrogen-bond acceptors (Lipinski definition) is 3. The monoisotopic (exact) mass is 296 g/mol. The highest BCUT2D eigenvalue weighted by Crippen LogP contribution is 2.28. The van der Waals surface area contributed by atoms with Gasteiger partial charge in [-0.3, -0.25) is 0 Å². The minimum Gasteiger partial charge on any atom is -0.496 e. The zero-order valence-electron chi connectivity index (χ0n) is 10.4. The molecule has 19 heavy (non-hydrogen) atoms. The van der Waals surface area contributed by atoms with E-state index in [1.807, 2.05) is 24.3 Å². The lowest BCUT2D eigenvalue weighted by molar-refractivity contribution is 0.410. The lowest BCUT2D eigenvalue weighted by Gasteiger charge is -2.13. The fourth-order valence-corrected chi connectivity index (χ4v) is 2.19. The van der Waals surface area contributed by atoms with E-state index in [0.29, 0.717) is 22.3 Å². The number of anilines is 2. The van der Waals surface area contributed by atoms with E-state index in [9.17, 15) is 0 Å². The quantitative estimate of drug-likeness (QED) is 0.832. The Labute approximate surface area is 122 Å². The second-order valence-corrected chi connectivity index (χ2v) is 4.85. The van der Waals surface area contributed by atoms with Gasteiger partial charge in [0.15, 0.2) is 0 Å². The first-order valence-electron chi connectivity index (χ1n) is 5.72. The first-order chi connectivity index (χ1) is 9.11. The molecule has 0 amide bonds. The topological polar surface area (TPSA) is 47.3 Å². The van der Waals surface area contributed by atoms with Crippen LogP contribution < -0.4 is 15.8 Å². The summed E-state index contributed by atoms with van der Waals surface area (Å²) >= 11 is 12.0. The SMILES string of the molecule is COc1cccc(Cl)c1CNc1ccc(Cl)cc1N. The highest BCUT2D eigenvalue weighted by Gasteiger charge is 2.08. The first-order valence-corrected chi connectivity index (χ1v) is 6.47. The zero-order valence-corrected chi connectivity index (χ0v) is 11.9. The van der Waals surface area contributed by atoms with Crippen molar-refractivity contribution in [3.8, 4) is 5.75 Å². The van der Waals surface area contributed by atoms with Crippen molar-refractivity contribution in [2.24, 2.45) is 0 Å². The molecular formula is C14H14Cl2N2O. The molecule has 0 aliphatic carbocycles. The van der Waals surface area contributed by atoms with Crippen LogP contribution in [-0.4, -0.2) is 7.11 Å². The molecule has 2 aromatic carbocycles. The number of hydrogen-bond donors (Lipinski definition) is 2. The number of nitrogen functional groups attached to an aromatic ring is 1. The number of halogens is 2. The van der Waals surface area contributed by atoms with Crippen LogP contribution in [0.1, 0.15) is 5.56 Å². The van der Waals surface area contributed by atoms with Crippen LogP contribution in [0.5, 0.6) is 5.75 Å². The summed E-state index contributed by atoms with van der Waals surface area (Å²) in [7, 11) is 1.62. The number of ether oxygens (including phenoxy) is 1. The summed E-state index contributed by atoms with van der Waals surface area (Å²) in [5.41, 5.74) is 8.18. The smallest absolute Gasteiger partial charge is 0.125 e. The van der Waals surface area contributed by atoms with Gasteiger partial charge in [-0.1, -0.05) is 29.3 Å². The molecule has 5 heteroatoms. The molecule has 2 rings (SSSR count). The van der Waals surface area contributed by atoms with Crippen molar-refractivity contribution in [2.45, 2.75) is 6.54 Å². The molecule has 0 atom stereocenters. The maximum Gasteiger partial charge on any atom is 0.125 e. The van der Waals surface area contributed by atoms with Crippen molar-refractivity contribution in [3.05, 3.63) is 52.0 Å². The number of nitrogens with two attached hydrogens (primary N) is 1. The Morgan fingerprint density at radius 1 is 1.21 bits per heavy atom. The summed E-state index contributed by atoms with van der Waals surface area (Å²) in [6.07, 6.45) is 0. The van der Waals surface area contributed by atoms with Gasteiger partial charge in [0, 0.05) is 22.2 Å². The third-order valence-electron chi connectivity index (χ3n) is 2.77. The van der Waals surface area contributed by atoms with Crippen molar-refractivity contribution in [3.63, 3.8) is 0 Å². The Morgan fingerprint density at radius 3 is 2.68 bits per heavy atom. The molecule has 0 heterocycles. The number of benzene rings is 2. The zero-order chi connectivity index (χ0) is 13.8. The predicted octanol–water partition coefficient (Wildman–Crippen LogP) is 4.20. The lowest BCUT2D eigenvalue weighted by Crippen LogP contribution is -2.04. The van der Waals surface area contributed by atoms with Crippen LogP contribution in [0.3, 0.4) is 0 Å². The number of nitrogens with one attached hydrogen (secondary N) is 1. The Balaban J connectivity index is 2.19. The number of methoxy groups -OCH3 is 1. The summed E-state index contributed by atoms with van der Waals surface area (Å²) in [5.74, 6) is 0.743. The van der Waals surface area contributed by atoms with Gasteiger partial charge in [-0.05, 0) is 30.3 Å². The van der Waals surface area contributed by atoms with Gasteiger partial charge in [0.25, 0.3) is 0 Å². The Kier molecular flexibility index (Phi) is 4.40. The molecular weight excluding hydrogens is 283 g/mol. The molecule has 0 aliphatic heterocycles. The Hall–Kier alpha value is -1.58. The van der Waals surface area contributed by atoms with Crippen LogP contribution in [-0.2, 0) is 6.54 Å². The maximum atomic E-state index is 6.17. The van der Waals surface area contributed by atoms with Gasteiger partial charge >= 0.3 is 0 Å². The van der Waals surface area contributed by atoms with Gasteiger partial charge in [-0.15, -0.1) is 0 Å². The normalized spacial score (nSPS) is 10.3. The number of rotatable bonds is 4. The molecule has 0 saturated heterocycles. The molecule has 2 aromatic rings. The van der Waals surface area contributed by atoms with Gasteiger partial charge < -0.3 is 15.8 Å². The van der Waals surface area contributed by atoms with Crippen LogP contribution in [0.2, 0.25) is 10.0 Å². The fourth-order valence-electron chi connectivity index (χ4n) is 1.78. The molecule has 0 saturated carbocycles. The van der Waals surface area contributed by atoms with E-state index in [-0.39, 0.29) is 0 Å². The summed E-state index contributed by atoms with van der Waals surface area (Å²) < 4.78 is 5.29. The van der Waals surface area contributed by atoms with Crippen LogP contribution in [0.4, 0.5) is 11.4 Å². The second-order valence-electron chi connectivity index (χ2n) is 4.01. The van der Waals surface area contributed by atoms with Crippen LogP contribution in [0, 0.1) is 0 Å². The average Bonchev–Trinajstić information content (AvgIpc) is 2.39. The summed E-state index contributed by atoms with van der Waals surface area (Å²) in [6.45, 7) is 0.522. The molecule has 0 unspecified atom stereocenters. The van der Waals surface area contributed by atoms with E-state index in [1.54, 1.807) is 19.2 Å². The van der Waals surface area contributed by atoms with Gasteiger partial charge in [0.1, 0.15) is 5.75 Å². The first kappa shape index (κ1) is 13.8. The molecule has 100 valence electrons. The molecule has 3 nitrogen and oxygen atoms in total. The fraction of sp³-hybridized carbons (Fsp3) is 0.143. The average molecular weight is 297 g/mol.